The Labute approximate surface area is 148 Å². The number of carboxylic acids is 1. The highest BCUT2D eigenvalue weighted by molar-refractivity contribution is 5.88. The van der Waals surface area contributed by atoms with Crippen LogP contribution in [0.2, 0.25) is 0 Å². The van der Waals surface area contributed by atoms with Gasteiger partial charge in [0.05, 0.1) is 16.6 Å². The number of para-hydroxylation sites is 1. The minimum absolute atomic E-state index is 0.0350. The van der Waals surface area contributed by atoms with E-state index in [9.17, 15) is 20.0 Å². The number of benzene rings is 2. The number of aliphatic carboxylic acids is 1. The summed E-state index contributed by atoms with van der Waals surface area (Å²) >= 11 is 0. The van der Waals surface area contributed by atoms with Crippen LogP contribution in [-0.2, 0) is 4.79 Å². The number of nitro benzene ring substituents is 1. The Hall–Kier alpha value is -3.74. The van der Waals surface area contributed by atoms with Gasteiger partial charge >= 0.3 is 0 Å². The van der Waals surface area contributed by atoms with E-state index in [4.69, 9.17) is 4.74 Å². The van der Waals surface area contributed by atoms with Gasteiger partial charge in [-0.25, -0.2) is 4.98 Å². The third-order valence-electron chi connectivity index (χ3n) is 3.60. The second-order valence-electron chi connectivity index (χ2n) is 5.41. The van der Waals surface area contributed by atoms with Crippen LogP contribution < -0.4 is 9.84 Å². The van der Waals surface area contributed by atoms with Crippen LogP contribution in [0.1, 0.15) is 11.3 Å². The number of hydrogen-bond acceptors (Lipinski definition) is 6. The van der Waals surface area contributed by atoms with Crippen molar-refractivity contribution < 1.29 is 19.6 Å². The van der Waals surface area contributed by atoms with Gasteiger partial charge in [-0.2, -0.15) is 0 Å². The molecule has 0 unspecified atom stereocenters. The molecule has 0 spiro atoms. The predicted octanol–water partition coefficient (Wildman–Crippen LogP) is 2.44. The lowest BCUT2D eigenvalue weighted by Gasteiger charge is -2.06. The first-order valence-corrected chi connectivity index (χ1v) is 7.68. The highest BCUT2D eigenvalue weighted by Crippen LogP contribution is 2.24. The van der Waals surface area contributed by atoms with Gasteiger partial charge in [0, 0.05) is 11.5 Å². The van der Waals surface area contributed by atoms with Crippen molar-refractivity contribution in [1.29, 1.82) is 0 Å². The van der Waals surface area contributed by atoms with Gasteiger partial charge in [-0.3, -0.25) is 10.1 Å². The fourth-order valence-electron chi connectivity index (χ4n) is 2.39. The molecule has 0 radical (unpaired) electrons. The van der Waals surface area contributed by atoms with E-state index in [1.165, 1.54) is 6.07 Å². The van der Waals surface area contributed by atoms with Crippen molar-refractivity contribution in [2.24, 2.45) is 0 Å². The molecule has 7 heteroatoms. The number of nitrogens with zero attached hydrogens (tertiary/aromatic N) is 2. The Balaban J connectivity index is 1.81. The lowest BCUT2D eigenvalue weighted by molar-refractivity contribution is -0.383. The van der Waals surface area contributed by atoms with E-state index < -0.39 is 17.5 Å². The quantitative estimate of drug-likeness (QED) is 0.500. The average molecular weight is 349 g/mol. The summed E-state index contributed by atoms with van der Waals surface area (Å²) < 4.78 is 5.01. The van der Waals surface area contributed by atoms with E-state index in [1.54, 1.807) is 60.7 Å². The molecular formula is C19H13N2O5-. The number of carbonyl (C=O) groups is 1. The zero-order valence-electron chi connectivity index (χ0n) is 13.5. The summed E-state index contributed by atoms with van der Waals surface area (Å²) in [5.74, 6) is -0.865. The molecule has 0 aliphatic rings. The number of aromatic nitrogens is 1. The Kier molecular flexibility index (Phi) is 4.89. The molecule has 26 heavy (non-hydrogen) atoms. The molecule has 0 amide bonds. The molecule has 0 saturated heterocycles. The summed E-state index contributed by atoms with van der Waals surface area (Å²) in [5.41, 5.74) is 1.73. The molecule has 0 saturated carbocycles. The summed E-state index contributed by atoms with van der Waals surface area (Å²) in [7, 11) is 0. The molecule has 1 heterocycles. The maximum atomic E-state index is 11.1. The van der Waals surface area contributed by atoms with Crippen LogP contribution in [0.25, 0.3) is 23.1 Å². The number of fused-ring (bicyclic) bond motifs is 1. The first-order valence-electron chi connectivity index (χ1n) is 7.68. The van der Waals surface area contributed by atoms with Gasteiger partial charge in [0.1, 0.15) is 17.9 Å². The number of nitro groups is 1. The third kappa shape index (κ3) is 4.02. The van der Waals surface area contributed by atoms with Crippen molar-refractivity contribution in [3.8, 4) is 5.75 Å². The maximum Gasteiger partial charge on any atom is 0.295 e. The van der Waals surface area contributed by atoms with E-state index >= 15 is 0 Å². The van der Waals surface area contributed by atoms with Gasteiger partial charge < -0.3 is 14.6 Å². The summed E-state index contributed by atoms with van der Waals surface area (Å²) in [6, 6.07) is 15.2. The summed E-state index contributed by atoms with van der Waals surface area (Å²) in [6.07, 6.45) is 3.54. The van der Waals surface area contributed by atoms with Crippen molar-refractivity contribution in [2.45, 2.75) is 0 Å². The molecule has 2 aromatic carbocycles. The molecule has 130 valence electrons. The van der Waals surface area contributed by atoms with Crippen LogP contribution in [0, 0.1) is 10.1 Å². The Morgan fingerprint density at radius 1 is 1.08 bits per heavy atom. The molecule has 1 aromatic heterocycles. The molecule has 0 bridgehead atoms. The van der Waals surface area contributed by atoms with Crippen molar-refractivity contribution >= 4 is 34.7 Å². The van der Waals surface area contributed by atoms with Crippen LogP contribution in [0.15, 0.2) is 54.6 Å². The van der Waals surface area contributed by atoms with Crippen molar-refractivity contribution in [1.82, 2.24) is 4.98 Å². The Bertz CT molecular complexity index is 996. The first-order chi connectivity index (χ1) is 12.5. The zero-order chi connectivity index (χ0) is 18.5. The molecule has 7 nitrogen and oxygen atoms in total. The number of hydrogen-bond donors (Lipinski definition) is 0. The van der Waals surface area contributed by atoms with Gasteiger partial charge in [-0.15, -0.1) is 0 Å². The SMILES string of the molecule is O=C([O-])COc1ccc(/C=C/c2ccc3cccc([N+](=O)[O-])c3n2)cc1. The number of pyridine rings is 1. The number of carboxylic acid groups (broad SMARTS) is 1. The highest BCUT2D eigenvalue weighted by atomic mass is 16.6. The largest absolute Gasteiger partial charge is 0.546 e. The standard InChI is InChI=1S/C19H14N2O5/c22-18(23)12-26-16-10-5-13(6-11-16)4-8-15-9-7-14-2-1-3-17(21(24)25)19(14)20-15/h1-11H,12H2,(H,22,23)/p-1/b8-4+. The average Bonchev–Trinajstić information content (AvgIpc) is 2.64. The van der Waals surface area contributed by atoms with Crippen molar-refractivity contribution in [2.75, 3.05) is 6.61 Å². The monoisotopic (exact) mass is 349 g/mol. The van der Waals surface area contributed by atoms with Crippen LogP contribution in [0.3, 0.4) is 0 Å². The first kappa shape index (κ1) is 17.1. The molecule has 0 fully saturated rings. The molecule has 0 atom stereocenters. The summed E-state index contributed by atoms with van der Waals surface area (Å²) in [6.45, 7) is -0.505. The van der Waals surface area contributed by atoms with E-state index in [1.807, 2.05) is 0 Å². The van der Waals surface area contributed by atoms with E-state index in [0.717, 1.165) is 5.56 Å². The molecule has 0 aliphatic heterocycles. The number of carbonyl (C=O) groups excluding carboxylic acids is 1. The lowest BCUT2D eigenvalue weighted by atomic mass is 10.1. The van der Waals surface area contributed by atoms with Gasteiger partial charge in [-0.05, 0) is 29.8 Å². The molecule has 0 N–H and O–H groups in total. The Morgan fingerprint density at radius 2 is 1.85 bits per heavy atom. The Morgan fingerprint density at radius 3 is 2.54 bits per heavy atom. The molecule has 3 rings (SSSR count). The second-order valence-corrected chi connectivity index (χ2v) is 5.41. The molecule has 0 aliphatic carbocycles. The minimum atomic E-state index is -1.29. The van der Waals surface area contributed by atoms with Crippen LogP contribution >= 0.6 is 0 Å². The fourth-order valence-corrected chi connectivity index (χ4v) is 2.39. The predicted molar refractivity (Wildman–Crippen MR) is 94.3 cm³/mol. The summed E-state index contributed by atoms with van der Waals surface area (Å²) in [4.78, 5) is 25.4. The second kappa shape index (κ2) is 7.43. The highest BCUT2D eigenvalue weighted by Gasteiger charge is 2.12. The number of ether oxygens (including phenoxy) is 1. The number of non-ortho nitro benzene ring substituents is 1. The molecule has 3 aromatic rings. The smallest absolute Gasteiger partial charge is 0.295 e. The van der Waals surface area contributed by atoms with Gasteiger partial charge in [-0.1, -0.05) is 36.4 Å². The molecular weight excluding hydrogens is 336 g/mol. The van der Waals surface area contributed by atoms with E-state index in [2.05, 4.69) is 4.98 Å². The van der Waals surface area contributed by atoms with E-state index in [-0.39, 0.29) is 5.69 Å². The van der Waals surface area contributed by atoms with Crippen molar-refractivity contribution in [3.05, 3.63) is 76.0 Å². The summed E-state index contributed by atoms with van der Waals surface area (Å²) in [5, 5.41) is 22.2. The van der Waals surface area contributed by atoms with Crippen LogP contribution in [-0.4, -0.2) is 22.5 Å². The number of rotatable bonds is 6. The topological polar surface area (TPSA) is 105 Å². The maximum absolute atomic E-state index is 11.1. The zero-order valence-corrected chi connectivity index (χ0v) is 13.5. The van der Waals surface area contributed by atoms with Gasteiger partial charge in [0.15, 0.2) is 0 Å². The minimum Gasteiger partial charge on any atom is -0.546 e. The van der Waals surface area contributed by atoms with Gasteiger partial charge in [0.2, 0.25) is 0 Å². The van der Waals surface area contributed by atoms with Crippen LogP contribution in [0.5, 0.6) is 5.75 Å². The normalized spacial score (nSPS) is 10.9. The van der Waals surface area contributed by atoms with Gasteiger partial charge in [0.25, 0.3) is 5.69 Å². The fraction of sp³-hybridized carbons (Fsp3) is 0.0526. The van der Waals surface area contributed by atoms with Crippen molar-refractivity contribution in [3.63, 3.8) is 0 Å². The lowest BCUT2D eigenvalue weighted by Crippen LogP contribution is -2.28. The van der Waals surface area contributed by atoms with E-state index in [0.29, 0.717) is 22.3 Å². The van der Waals surface area contributed by atoms with Crippen LogP contribution in [0.4, 0.5) is 5.69 Å². The third-order valence-corrected chi connectivity index (χ3v) is 3.60.